The first-order chi connectivity index (χ1) is 13.0. The van der Waals surface area contributed by atoms with Crippen molar-refractivity contribution in [3.63, 3.8) is 0 Å². The van der Waals surface area contributed by atoms with E-state index in [1.807, 2.05) is 31.2 Å². The number of rotatable bonds is 4. The maximum absolute atomic E-state index is 12.6. The summed E-state index contributed by atoms with van der Waals surface area (Å²) in [5.74, 6) is -0.481. The molecule has 27 heavy (non-hydrogen) atoms. The van der Waals surface area contributed by atoms with Crippen molar-refractivity contribution in [2.24, 2.45) is 0 Å². The molecule has 0 saturated carbocycles. The van der Waals surface area contributed by atoms with Gasteiger partial charge in [0.1, 0.15) is 0 Å². The van der Waals surface area contributed by atoms with Gasteiger partial charge in [-0.2, -0.15) is 0 Å². The van der Waals surface area contributed by atoms with Crippen LogP contribution in [0.4, 0.5) is 0 Å². The first-order valence-electron chi connectivity index (χ1n) is 9.09. The highest BCUT2D eigenvalue weighted by molar-refractivity contribution is 6.31. The average Bonchev–Trinajstić information content (AvgIpc) is 2.89. The van der Waals surface area contributed by atoms with Crippen molar-refractivity contribution in [2.75, 3.05) is 19.6 Å². The molecular weight excluding hydrogens is 364 g/mol. The summed E-state index contributed by atoms with van der Waals surface area (Å²) in [5, 5.41) is 0.744. The number of imide groups is 1. The van der Waals surface area contributed by atoms with Gasteiger partial charge in [-0.1, -0.05) is 41.9 Å². The summed E-state index contributed by atoms with van der Waals surface area (Å²) in [6, 6.07) is 14.7. The summed E-state index contributed by atoms with van der Waals surface area (Å²) in [6.07, 6.45) is -0.208. The minimum Gasteiger partial charge on any atom is -0.371 e. The number of amides is 2. The number of morpholine rings is 1. The van der Waals surface area contributed by atoms with Crippen molar-refractivity contribution in [3.05, 3.63) is 70.2 Å². The highest BCUT2D eigenvalue weighted by Crippen LogP contribution is 2.25. The Hall–Kier alpha value is -2.21. The van der Waals surface area contributed by atoms with Gasteiger partial charge in [0.25, 0.3) is 11.8 Å². The lowest BCUT2D eigenvalue weighted by atomic mass is 10.1. The predicted molar refractivity (Wildman–Crippen MR) is 103 cm³/mol. The van der Waals surface area contributed by atoms with Gasteiger partial charge < -0.3 is 4.74 Å². The van der Waals surface area contributed by atoms with E-state index in [1.165, 1.54) is 4.90 Å². The third-order valence-corrected chi connectivity index (χ3v) is 5.39. The second-order valence-electron chi connectivity index (χ2n) is 7.12. The van der Waals surface area contributed by atoms with Crippen LogP contribution in [0, 0.1) is 0 Å². The Morgan fingerprint density at radius 2 is 1.63 bits per heavy atom. The number of benzene rings is 2. The Balaban J connectivity index is 1.46. The van der Waals surface area contributed by atoms with Crippen LogP contribution in [-0.4, -0.2) is 53.5 Å². The Morgan fingerprint density at radius 3 is 2.30 bits per heavy atom. The lowest BCUT2D eigenvalue weighted by molar-refractivity contribution is -0.0843. The molecular formula is C21H21ClN2O3. The van der Waals surface area contributed by atoms with E-state index in [-0.39, 0.29) is 30.6 Å². The number of carbonyl (C=O) groups excluding carboxylic acids is 2. The highest BCUT2D eigenvalue weighted by Gasteiger charge is 2.38. The SMILES string of the molecule is CC1CN(Cc2ccccc2Cl)CC(CN2C(=O)c3ccccc3C2=O)O1. The van der Waals surface area contributed by atoms with Crippen LogP contribution < -0.4 is 0 Å². The van der Waals surface area contributed by atoms with Gasteiger partial charge in [-0.3, -0.25) is 19.4 Å². The van der Waals surface area contributed by atoms with Gasteiger partial charge in [0.05, 0.1) is 29.9 Å². The fourth-order valence-electron chi connectivity index (χ4n) is 3.85. The molecule has 1 fully saturated rings. The third kappa shape index (κ3) is 3.63. The summed E-state index contributed by atoms with van der Waals surface area (Å²) >= 11 is 6.29. The van der Waals surface area contributed by atoms with Crippen LogP contribution >= 0.6 is 11.6 Å². The van der Waals surface area contributed by atoms with E-state index in [1.54, 1.807) is 24.3 Å². The zero-order valence-electron chi connectivity index (χ0n) is 15.1. The van der Waals surface area contributed by atoms with Crippen molar-refractivity contribution < 1.29 is 14.3 Å². The lowest BCUT2D eigenvalue weighted by Gasteiger charge is -2.38. The summed E-state index contributed by atoms with van der Waals surface area (Å²) in [5.41, 5.74) is 2.01. The monoisotopic (exact) mass is 384 g/mol. The van der Waals surface area contributed by atoms with Gasteiger partial charge in [0.2, 0.25) is 0 Å². The largest absolute Gasteiger partial charge is 0.371 e. The molecule has 2 aliphatic rings. The van der Waals surface area contributed by atoms with E-state index in [0.29, 0.717) is 24.2 Å². The van der Waals surface area contributed by atoms with Crippen molar-refractivity contribution in [1.82, 2.24) is 9.80 Å². The number of carbonyl (C=O) groups is 2. The molecule has 6 heteroatoms. The Bertz CT molecular complexity index is 850. The van der Waals surface area contributed by atoms with Crippen molar-refractivity contribution in [3.8, 4) is 0 Å². The molecule has 2 unspecified atom stereocenters. The minimum atomic E-state index is -0.241. The van der Waals surface area contributed by atoms with Crippen LogP contribution in [0.15, 0.2) is 48.5 Å². The third-order valence-electron chi connectivity index (χ3n) is 5.02. The average molecular weight is 385 g/mol. The van der Waals surface area contributed by atoms with Gasteiger partial charge in [-0.05, 0) is 30.7 Å². The molecule has 1 saturated heterocycles. The number of hydrogen-bond acceptors (Lipinski definition) is 4. The summed E-state index contributed by atoms with van der Waals surface area (Å²) < 4.78 is 6.02. The zero-order valence-corrected chi connectivity index (χ0v) is 15.9. The molecule has 0 spiro atoms. The fourth-order valence-corrected chi connectivity index (χ4v) is 4.04. The van der Waals surface area contributed by atoms with E-state index >= 15 is 0 Å². The molecule has 2 heterocycles. The predicted octanol–water partition coefficient (Wildman–Crippen LogP) is 3.23. The van der Waals surface area contributed by atoms with Gasteiger partial charge in [0.15, 0.2) is 0 Å². The molecule has 4 rings (SSSR count). The topological polar surface area (TPSA) is 49.9 Å². The molecule has 140 valence electrons. The molecule has 2 aliphatic heterocycles. The number of hydrogen-bond donors (Lipinski definition) is 0. The maximum Gasteiger partial charge on any atom is 0.261 e. The van der Waals surface area contributed by atoms with E-state index in [0.717, 1.165) is 17.1 Å². The van der Waals surface area contributed by atoms with Gasteiger partial charge >= 0.3 is 0 Å². The van der Waals surface area contributed by atoms with Crippen LogP contribution in [0.25, 0.3) is 0 Å². The smallest absolute Gasteiger partial charge is 0.261 e. The molecule has 2 amide bonds. The van der Waals surface area contributed by atoms with Gasteiger partial charge in [-0.15, -0.1) is 0 Å². The molecule has 2 aromatic carbocycles. The number of ether oxygens (including phenoxy) is 1. The second-order valence-corrected chi connectivity index (χ2v) is 7.53. The molecule has 0 aliphatic carbocycles. The number of nitrogens with zero attached hydrogens (tertiary/aromatic N) is 2. The minimum absolute atomic E-state index is 0.0152. The van der Waals surface area contributed by atoms with E-state index < -0.39 is 0 Å². The first-order valence-corrected chi connectivity index (χ1v) is 9.47. The molecule has 0 bridgehead atoms. The van der Waals surface area contributed by atoms with Crippen LogP contribution in [-0.2, 0) is 11.3 Å². The number of fused-ring (bicyclic) bond motifs is 1. The Morgan fingerprint density at radius 1 is 1.00 bits per heavy atom. The molecule has 0 aromatic heterocycles. The Labute approximate surface area is 163 Å². The normalized spacial score (nSPS) is 23.0. The van der Waals surface area contributed by atoms with Crippen LogP contribution in [0.1, 0.15) is 33.2 Å². The molecule has 5 nitrogen and oxygen atoms in total. The molecule has 2 aromatic rings. The van der Waals surface area contributed by atoms with Gasteiger partial charge in [0, 0.05) is 24.7 Å². The summed E-state index contributed by atoms with van der Waals surface area (Å²) in [4.78, 5) is 28.8. The number of halogens is 1. The standard InChI is InChI=1S/C21H21ClN2O3/c1-14-10-23(11-15-6-2-5-9-19(15)22)12-16(27-14)13-24-20(25)17-7-3-4-8-18(17)21(24)26/h2-9,14,16H,10-13H2,1H3. The maximum atomic E-state index is 12.6. The fraction of sp³-hybridized carbons (Fsp3) is 0.333. The van der Waals surface area contributed by atoms with E-state index in [4.69, 9.17) is 16.3 Å². The van der Waals surface area contributed by atoms with Gasteiger partial charge in [-0.25, -0.2) is 0 Å². The van der Waals surface area contributed by atoms with E-state index in [2.05, 4.69) is 4.90 Å². The lowest BCUT2D eigenvalue weighted by Crippen LogP contribution is -2.51. The van der Waals surface area contributed by atoms with Crippen LogP contribution in [0.5, 0.6) is 0 Å². The zero-order chi connectivity index (χ0) is 19.0. The molecule has 0 N–H and O–H groups in total. The van der Waals surface area contributed by atoms with E-state index in [9.17, 15) is 9.59 Å². The summed E-state index contributed by atoms with van der Waals surface area (Å²) in [6.45, 7) is 4.41. The van der Waals surface area contributed by atoms with Crippen LogP contribution in [0.2, 0.25) is 5.02 Å². The second kappa shape index (κ2) is 7.43. The van der Waals surface area contributed by atoms with Crippen molar-refractivity contribution >= 4 is 23.4 Å². The quantitative estimate of drug-likeness (QED) is 0.759. The van der Waals surface area contributed by atoms with Crippen molar-refractivity contribution in [1.29, 1.82) is 0 Å². The molecule has 2 atom stereocenters. The highest BCUT2D eigenvalue weighted by atomic mass is 35.5. The van der Waals surface area contributed by atoms with Crippen molar-refractivity contribution in [2.45, 2.75) is 25.7 Å². The summed E-state index contributed by atoms with van der Waals surface area (Å²) in [7, 11) is 0. The molecule has 0 radical (unpaired) electrons. The first kappa shape index (κ1) is 18.2. The van der Waals surface area contributed by atoms with Crippen LogP contribution in [0.3, 0.4) is 0 Å². The Kier molecular flexibility index (Phi) is 5.00.